The van der Waals surface area contributed by atoms with E-state index in [1.807, 2.05) is 6.07 Å². The Kier molecular flexibility index (Phi) is 6.42. The molecule has 0 radical (unpaired) electrons. The van der Waals surface area contributed by atoms with Crippen molar-refractivity contribution in [3.63, 3.8) is 0 Å². The minimum Gasteiger partial charge on any atom is -0.394 e. The van der Waals surface area contributed by atoms with Crippen molar-refractivity contribution in [3.8, 4) is 6.07 Å². The second kappa shape index (κ2) is 7.59. The standard InChI is InChI=1S/C12H15F3N2O2S/c13-12(14,15)1-2-17(5-10(19)7-18)6-11-3-9(4-16)8-20-11/h3,8,10,18-19H,1-2,5-7H2/t10-/m0/s1. The van der Waals surface area contributed by atoms with E-state index >= 15 is 0 Å². The highest BCUT2D eigenvalue weighted by molar-refractivity contribution is 7.10. The maximum Gasteiger partial charge on any atom is 0.390 e. The van der Waals surface area contributed by atoms with Crippen molar-refractivity contribution in [1.82, 2.24) is 4.90 Å². The Morgan fingerprint density at radius 2 is 2.15 bits per heavy atom. The van der Waals surface area contributed by atoms with Gasteiger partial charge in [-0.2, -0.15) is 18.4 Å². The van der Waals surface area contributed by atoms with Crippen molar-refractivity contribution in [2.75, 3.05) is 19.7 Å². The number of hydrogen-bond donors (Lipinski definition) is 2. The monoisotopic (exact) mass is 308 g/mol. The molecule has 1 atom stereocenters. The fourth-order valence-electron chi connectivity index (χ4n) is 1.62. The molecule has 8 heteroatoms. The van der Waals surface area contributed by atoms with Crippen LogP contribution in [0.15, 0.2) is 11.4 Å². The van der Waals surface area contributed by atoms with E-state index in [2.05, 4.69) is 0 Å². The van der Waals surface area contributed by atoms with Crippen LogP contribution in [-0.4, -0.2) is 47.1 Å². The molecule has 0 aromatic carbocycles. The van der Waals surface area contributed by atoms with Gasteiger partial charge in [0, 0.05) is 29.9 Å². The predicted molar refractivity (Wildman–Crippen MR) is 68.1 cm³/mol. The molecule has 0 amide bonds. The zero-order chi connectivity index (χ0) is 15.2. The molecule has 1 aromatic rings. The van der Waals surface area contributed by atoms with Crippen molar-refractivity contribution < 1.29 is 23.4 Å². The fourth-order valence-corrected chi connectivity index (χ4v) is 2.47. The summed E-state index contributed by atoms with van der Waals surface area (Å²) in [6.45, 7) is -0.609. The lowest BCUT2D eigenvalue weighted by molar-refractivity contribution is -0.139. The predicted octanol–water partition coefficient (Wildman–Crippen LogP) is 1.73. The SMILES string of the molecule is N#Cc1csc(CN(CCC(F)(F)F)C[C@H](O)CO)c1. The van der Waals surface area contributed by atoms with Crippen LogP contribution in [0, 0.1) is 11.3 Å². The third-order valence-corrected chi connectivity index (χ3v) is 3.47. The molecule has 0 bridgehead atoms. The smallest absolute Gasteiger partial charge is 0.390 e. The van der Waals surface area contributed by atoms with Crippen molar-refractivity contribution in [2.45, 2.75) is 25.2 Å². The van der Waals surface area contributed by atoms with Crippen LogP contribution >= 0.6 is 11.3 Å². The number of aliphatic hydroxyl groups excluding tert-OH is 2. The van der Waals surface area contributed by atoms with E-state index < -0.39 is 25.3 Å². The topological polar surface area (TPSA) is 67.5 Å². The summed E-state index contributed by atoms with van der Waals surface area (Å²) in [5, 5.41) is 28.5. The van der Waals surface area contributed by atoms with E-state index in [-0.39, 0.29) is 19.6 Å². The molecule has 0 aliphatic heterocycles. The number of rotatable bonds is 7. The van der Waals surface area contributed by atoms with Crippen LogP contribution in [0.4, 0.5) is 13.2 Å². The minimum atomic E-state index is -4.27. The first-order chi connectivity index (χ1) is 9.34. The van der Waals surface area contributed by atoms with Crippen molar-refractivity contribution in [1.29, 1.82) is 5.26 Å². The van der Waals surface area contributed by atoms with E-state index in [9.17, 15) is 18.3 Å². The van der Waals surface area contributed by atoms with E-state index in [1.165, 1.54) is 16.2 Å². The molecule has 0 spiro atoms. The van der Waals surface area contributed by atoms with Gasteiger partial charge in [-0.25, -0.2) is 0 Å². The minimum absolute atomic E-state index is 0.0492. The van der Waals surface area contributed by atoms with Crippen LogP contribution in [-0.2, 0) is 6.54 Å². The lowest BCUT2D eigenvalue weighted by Crippen LogP contribution is -2.36. The van der Waals surface area contributed by atoms with Gasteiger partial charge < -0.3 is 10.2 Å². The molecule has 0 unspecified atom stereocenters. The lowest BCUT2D eigenvalue weighted by Gasteiger charge is -2.24. The Bertz CT molecular complexity index is 456. The highest BCUT2D eigenvalue weighted by atomic mass is 32.1. The first-order valence-electron chi connectivity index (χ1n) is 5.89. The number of nitriles is 1. The molecule has 0 aliphatic carbocycles. The summed E-state index contributed by atoms with van der Waals surface area (Å²) in [7, 11) is 0. The van der Waals surface area contributed by atoms with Gasteiger partial charge in [-0.3, -0.25) is 4.90 Å². The van der Waals surface area contributed by atoms with Gasteiger partial charge in [-0.1, -0.05) is 0 Å². The van der Waals surface area contributed by atoms with Gasteiger partial charge in [0.1, 0.15) is 6.07 Å². The van der Waals surface area contributed by atoms with Gasteiger partial charge in [0.25, 0.3) is 0 Å². The Balaban J connectivity index is 2.64. The summed E-state index contributed by atoms with van der Waals surface area (Å²) in [6.07, 6.45) is -6.34. The number of thiophene rings is 1. The Morgan fingerprint density at radius 3 is 2.65 bits per heavy atom. The molecule has 2 N–H and O–H groups in total. The van der Waals surface area contributed by atoms with Gasteiger partial charge in [0.2, 0.25) is 0 Å². The summed E-state index contributed by atoms with van der Waals surface area (Å²) in [4.78, 5) is 2.16. The normalized spacial score (nSPS) is 13.4. The summed E-state index contributed by atoms with van der Waals surface area (Å²) in [5.74, 6) is 0. The molecule has 1 heterocycles. The molecule has 0 fully saturated rings. The average molecular weight is 308 g/mol. The largest absolute Gasteiger partial charge is 0.394 e. The molecular formula is C12H15F3N2O2S. The molecule has 0 saturated heterocycles. The van der Waals surface area contributed by atoms with E-state index in [4.69, 9.17) is 10.4 Å². The van der Waals surface area contributed by atoms with E-state index in [1.54, 1.807) is 11.4 Å². The highest BCUT2D eigenvalue weighted by Crippen LogP contribution is 2.22. The molecule has 1 aromatic heterocycles. The Hall–Kier alpha value is -1.14. The molecule has 0 saturated carbocycles. The van der Waals surface area contributed by atoms with Crippen LogP contribution < -0.4 is 0 Å². The number of halogens is 3. The molecular weight excluding hydrogens is 293 g/mol. The number of nitrogens with zero attached hydrogens (tertiary/aromatic N) is 2. The van der Waals surface area contributed by atoms with Crippen LogP contribution in [0.3, 0.4) is 0 Å². The van der Waals surface area contributed by atoms with Crippen molar-refractivity contribution in [2.24, 2.45) is 0 Å². The molecule has 1 rings (SSSR count). The van der Waals surface area contributed by atoms with Gasteiger partial charge in [0.15, 0.2) is 0 Å². The van der Waals surface area contributed by atoms with E-state index in [0.717, 1.165) is 4.88 Å². The fraction of sp³-hybridized carbons (Fsp3) is 0.583. The zero-order valence-corrected chi connectivity index (χ0v) is 11.4. The van der Waals surface area contributed by atoms with Gasteiger partial charge in [-0.15, -0.1) is 11.3 Å². The van der Waals surface area contributed by atoms with E-state index in [0.29, 0.717) is 5.56 Å². The first-order valence-corrected chi connectivity index (χ1v) is 6.77. The lowest BCUT2D eigenvalue weighted by atomic mass is 10.2. The van der Waals surface area contributed by atoms with Gasteiger partial charge in [0.05, 0.1) is 24.7 Å². The number of aliphatic hydroxyl groups is 2. The highest BCUT2D eigenvalue weighted by Gasteiger charge is 2.28. The van der Waals surface area contributed by atoms with Gasteiger partial charge >= 0.3 is 6.18 Å². The maximum atomic E-state index is 12.3. The summed E-state index contributed by atoms with van der Waals surface area (Å²) < 4.78 is 36.8. The summed E-state index contributed by atoms with van der Waals surface area (Å²) >= 11 is 1.28. The van der Waals surface area contributed by atoms with Crippen LogP contribution in [0.2, 0.25) is 0 Å². The Labute approximate surface area is 118 Å². The molecule has 20 heavy (non-hydrogen) atoms. The summed E-state index contributed by atoms with van der Waals surface area (Å²) in [6, 6.07) is 3.56. The number of alkyl halides is 3. The summed E-state index contributed by atoms with van der Waals surface area (Å²) in [5.41, 5.74) is 0.462. The zero-order valence-electron chi connectivity index (χ0n) is 10.6. The number of hydrogen-bond acceptors (Lipinski definition) is 5. The van der Waals surface area contributed by atoms with Crippen LogP contribution in [0.5, 0.6) is 0 Å². The van der Waals surface area contributed by atoms with Crippen LogP contribution in [0.1, 0.15) is 16.9 Å². The second-order valence-electron chi connectivity index (χ2n) is 4.35. The molecule has 4 nitrogen and oxygen atoms in total. The van der Waals surface area contributed by atoms with Crippen molar-refractivity contribution in [3.05, 3.63) is 21.9 Å². The van der Waals surface area contributed by atoms with Crippen LogP contribution in [0.25, 0.3) is 0 Å². The van der Waals surface area contributed by atoms with Gasteiger partial charge in [-0.05, 0) is 6.07 Å². The quantitative estimate of drug-likeness (QED) is 0.805. The second-order valence-corrected chi connectivity index (χ2v) is 5.35. The third-order valence-electron chi connectivity index (χ3n) is 2.55. The Morgan fingerprint density at radius 1 is 1.45 bits per heavy atom. The van der Waals surface area contributed by atoms with Crippen molar-refractivity contribution >= 4 is 11.3 Å². The average Bonchev–Trinajstić information content (AvgIpc) is 2.82. The first kappa shape index (κ1) is 16.9. The third kappa shape index (κ3) is 6.34. The molecule has 112 valence electrons. The maximum absolute atomic E-state index is 12.3. The molecule has 0 aliphatic rings.